The predicted octanol–water partition coefficient (Wildman–Crippen LogP) is 5.65. The molecule has 226 valence electrons. The summed E-state index contributed by atoms with van der Waals surface area (Å²) in [6.07, 6.45) is 0.733. The maximum atomic E-state index is 14.1. The molecule has 0 saturated carbocycles. The molecule has 0 aliphatic rings. The number of benzene rings is 3. The minimum absolute atomic E-state index is 0.0772. The molecule has 0 aliphatic carbocycles. The van der Waals surface area contributed by atoms with Gasteiger partial charge < -0.3 is 15.0 Å². The van der Waals surface area contributed by atoms with E-state index < -0.39 is 28.5 Å². The van der Waals surface area contributed by atoms with Crippen molar-refractivity contribution in [3.05, 3.63) is 89.5 Å². The lowest BCUT2D eigenvalue weighted by molar-refractivity contribution is -0.139. The number of anilines is 1. The largest absolute Gasteiger partial charge is 0.497 e. The van der Waals surface area contributed by atoms with Crippen molar-refractivity contribution in [1.29, 1.82) is 0 Å². The van der Waals surface area contributed by atoms with Crippen LogP contribution in [0.4, 0.5) is 5.69 Å². The average Bonchev–Trinajstić information content (AvgIpc) is 2.98. The molecule has 3 rings (SSSR count). The van der Waals surface area contributed by atoms with Crippen LogP contribution in [-0.2, 0) is 26.2 Å². The summed E-state index contributed by atoms with van der Waals surface area (Å²) in [7, 11) is -2.56. The number of sulfonamides is 1. The molecule has 2 atom stereocenters. The molecule has 0 heterocycles. The molecule has 3 aromatic rings. The summed E-state index contributed by atoms with van der Waals surface area (Å²) in [6.45, 7) is 11.1. The highest BCUT2D eigenvalue weighted by Crippen LogP contribution is 2.27. The van der Waals surface area contributed by atoms with Crippen molar-refractivity contribution < 1.29 is 22.7 Å². The van der Waals surface area contributed by atoms with Crippen molar-refractivity contribution in [3.8, 4) is 5.75 Å². The predicted molar refractivity (Wildman–Crippen MR) is 167 cm³/mol. The van der Waals surface area contributed by atoms with Crippen molar-refractivity contribution in [2.75, 3.05) is 18.0 Å². The van der Waals surface area contributed by atoms with E-state index in [0.717, 1.165) is 27.4 Å². The topological polar surface area (TPSA) is 96.0 Å². The van der Waals surface area contributed by atoms with Gasteiger partial charge >= 0.3 is 0 Å². The zero-order valence-corrected chi connectivity index (χ0v) is 26.4. The second-order valence-corrected chi connectivity index (χ2v) is 12.8. The van der Waals surface area contributed by atoms with Gasteiger partial charge in [0, 0.05) is 12.6 Å². The molecule has 1 N–H and O–H groups in total. The number of methoxy groups -OCH3 is 1. The SMILES string of the molecule is CC[C@H](C)NC(=O)[C@H](C)N(Cc1cccc(OC)c1)C(=O)CN(c1ccc(C(C)C)cc1)S(=O)(=O)c1ccc(C)cc1. The summed E-state index contributed by atoms with van der Waals surface area (Å²) in [5.74, 6) is 0.0552. The molecule has 0 radical (unpaired) electrons. The Kier molecular flexibility index (Phi) is 11.2. The average molecular weight is 594 g/mol. The van der Waals surface area contributed by atoms with Crippen molar-refractivity contribution in [2.24, 2.45) is 0 Å². The number of aryl methyl sites for hydroxylation is 1. The van der Waals surface area contributed by atoms with Crippen LogP contribution in [0.2, 0.25) is 0 Å². The van der Waals surface area contributed by atoms with Crippen molar-refractivity contribution in [1.82, 2.24) is 10.2 Å². The van der Waals surface area contributed by atoms with Crippen LogP contribution in [0, 0.1) is 6.92 Å². The summed E-state index contributed by atoms with van der Waals surface area (Å²) in [5.41, 5.74) is 3.09. The molecule has 9 heteroatoms. The van der Waals surface area contributed by atoms with Gasteiger partial charge in [0.05, 0.1) is 17.7 Å². The third-order valence-corrected chi connectivity index (χ3v) is 9.18. The highest BCUT2D eigenvalue weighted by molar-refractivity contribution is 7.92. The van der Waals surface area contributed by atoms with Crippen molar-refractivity contribution in [3.63, 3.8) is 0 Å². The molecule has 3 aromatic carbocycles. The van der Waals surface area contributed by atoms with Crippen molar-refractivity contribution in [2.45, 2.75) is 77.4 Å². The lowest BCUT2D eigenvalue weighted by atomic mass is 10.0. The van der Waals surface area contributed by atoms with E-state index in [1.165, 1.54) is 4.90 Å². The minimum Gasteiger partial charge on any atom is -0.497 e. The smallest absolute Gasteiger partial charge is 0.264 e. The summed E-state index contributed by atoms with van der Waals surface area (Å²) in [6, 6.07) is 20.0. The first-order valence-electron chi connectivity index (χ1n) is 14.3. The zero-order valence-electron chi connectivity index (χ0n) is 25.6. The van der Waals surface area contributed by atoms with E-state index in [1.807, 2.05) is 45.0 Å². The van der Waals surface area contributed by atoms with E-state index in [-0.39, 0.29) is 29.3 Å². The molecule has 0 aliphatic heterocycles. The Morgan fingerprint density at radius 3 is 2.14 bits per heavy atom. The Bertz CT molecular complexity index is 1450. The summed E-state index contributed by atoms with van der Waals surface area (Å²) in [4.78, 5) is 28.8. The molecule has 8 nitrogen and oxygen atoms in total. The fraction of sp³-hybridized carbons (Fsp3) is 0.394. The number of nitrogens with one attached hydrogen (secondary N) is 1. The van der Waals surface area contributed by atoms with E-state index in [2.05, 4.69) is 19.2 Å². The van der Waals surface area contributed by atoms with Gasteiger partial charge in [-0.2, -0.15) is 0 Å². The molecule has 0 saturated heterocycles. The quantitative estimate of drug-likeness (QED) is 0.276. The number of amides is 2. The molecule has 2 amide bonds. The summed E-state index contributed by atoms with van der Waals surface area (Å²) >= 11 is 0. The third kappa shape index (κ3) is 8.12. The van der Waals surface area contributed by atoms with Crippen LogP contribution in [0.3, 0.4) is 0 Å². The third-order valence-electron chi connectivity index (χ3n) is 7.39. The van der Waals surface area contributed by atoms with Crippen LogP contribution in [-0.4, -0.2) is 50.9 Å². The second kappa shape index (κ2) is 14.4. The Labute approximate surface area is 250 Å². The van der Waals surface area contributed by atoms with Gasteiger partial charge in [0.1, 0.15) is 18.3 Å². The Balaban J connectivity index is 2.05. The first-order chi connectivity index (χ1) is 19.9. The lowest BCUT2D eigenvalue weighted by Gasteiger charge is -2.32. The molecule has 42 heavy (non-hydrogen) atoms. The minimum atomic E-state index is -4.12. The first kappa shape index (κ1) is 32.7. The number of carbonyl (C=O) groups excluding carboxylic acids is 2. The van der Waals surface area contributed by atoms with Crippen LogP contribution in [0.5, 0.6) is 5.75 Å². The first-order valence-corrected chi connectivity index (χ1v) is 15.7. The Morgan fingerprint density at radius 2 is 1.57 bits per heavy atom. The summed E-state index contributed by atoms with van der Waals surface area (Å²) in [5, 5.41) is 2.95. The van der Waals surface area contributed by atoms with Gasteiger partial charge in [0.15, 0.2) is 0 Å². The number of rotatable bonds is 13. The standard InChI is InChI=1S/C33H43N3O5S/c1-8-25(5)34-33(38)26(6)35(21-27-10-9-11-30(20-27)41-7)32(37)22-36(29-16-14-28(15-17-29)23(2)3)42(39,40)31-18-12-24(4)13-19-31/h9-20,23,25-26H,8,21-22H2,1-7H3,(H,34,38)/t25-,26-/m0/s1. The number of ether oxygens (including phenoxy) is 1. The van der Waals surface area contributed by atoms with Crippen LogP contribution in [0.1, 0.15) is 63.6 Å². The number of hydrogen-bond donors (Lipinski definition) is 1. The van der Waals surface area contributed by atoms with Gasteiger partial charge in [-0.1, -0.05) is 62.7 Å². The Hall–Kier alpha value is -3.85. The summed E-state index contributed by atoms with van der Waals surface area (Å²) < 4.78 is 34.5. The van der Waals surface area contributed by atoms with E-state index >= 15 is 0 Å². The maximum Gasteiger partial charge on any atom is 0.264 e. The fourth-order valence-corrected chi connectivity index (χ4v) is 5.82. The second-order valence-electron chi connectivity index (χ2n) is 10.9. The lowest BCUT2D eigenvalue weighted by Crippen LogP contribution is -2.52. The van der Waals surface area contributed by atoms with E-state index in [9.17, 15) is 18.0 Å². The molecule has 0 unspecified atom stereocenters. The van der Waals surface area contributed by atoms with Crippen LogP contribution in [0.25, 0.3) is 0 Å². The van der Waals surface area contributed by atoms with Crippen LogP contribution in [0.15, 0.2) is 77.7 Å². The normalized spacial score (nSPS) is 12.9. The van der Waals surface area contributed by atoms with Gasteiger partial charge in [-0.25, -0.2) is 8.42 Å². The van der Waals surface area contributed by atoms with E-state index in [4.69, 9.17) is 4.74 Å². The van der Waals surface area contributed by atoms with Gasteiger partial charge in [-0.15, -0.1) is 0 Å². The molecule has 0 aromatic heterocycles. The zero-order chi connectivity index (χ0) is 31.0. The van der Waals surface area contributed by atoms with Gasteiger partial charge in [0.25, 0.3) is 10.0 Å². The number of hydrogen-bond acceptors (Lipinski definition) is 5. The number of carbonyl (C=O) groups is 2. The maximum absolute atomic E-state index is 14.1. The van der Waals surface area contributed by atoms with E-state index in [0.29, 0.717) is 11.4 Å². The van der Waals surface area contributed by atoms with Crippen LogP contribution >= 0.6 is 0 Å². The molecule has 0 fully saturated rings. The Morgan fingerprint density at radius 1 is 0.929 bits per heavy atom. The van der Waals surface area contributed by atoms with Gasteiger partial charge in [-0.3, -0.25) is 13.9 Å². The van der Waals surface area contributed by atoms with Gasteiger partial charge in [0.2, 0.25) is 11.8 Å². The number of nitrogens with zero attached hydrogens (tertiary/aromatic N) is 2. The highest BCUT2D eigenvalue weighted by atomic mass is 32.2. The fourth-order valence-electron chi connectivity index (χ4n) is 4.41. The highest BCUT2D eigenvalue weighted by Gasteiger charge is 2.33. The van der Waals surface area contributed by atoms with E-state index in [1.54, 1.807) is 62.6 Å². The molecule has 0 bridgehead atoms. The molecular formula is C33H43N3O5S. The molecular weight excluding hydrogens is 550 g/mol. The van der Waals surface area contributed by atoms with Gasteiger partial charge in [-0.05, 0) is 80.6 Å². The molecule has 0 spiro atoms. The monoisotopic (exact) mass is 593 g/mol. The van der Waals surface area contributed by atoms with Crippen LogP contribution < -0.4 is 14.4 Å². The van der Waals surface area contributed by atoms with Crippen molar-refractivity contribution >= 4 is 27.5 Å².